The number of nitrogens with zero attached hydrogens (tertiary/aromatic N) is 1. The molecule has 120 valence electrons. The summed E-state index contributed by atoms with van der Waals surface area (Å²) in [5.74, 6) is 2.44. The second kappa shape index (κ2) is 5.84. The van der Waals surface area contributed by atoms with Crippen LogP contribution in [-0.2, 0) is 0 Å². The first-order chi connectivity index (χ1) is 11.2. The smallest absolute Gasteiger partial charge is 0.290 e. The summed E-state index contributed by atoms with van der Waals surface area (Å²) in [7, 11) is 0. The number of hydrogen-bond acceptors (Lipinski definition) is 3. The molecule has 1 heterocycles. The number of benzene rings is 1. The molecule has 2 aromatic rings. The molecule has 4 rings (SSSR count). The Kier molecular flexibility index (Phi) is 3.68. The Morgan fingerprint density at radius 2 is 2.09 bits per heavy atom. The van der Waals surface area contributed by atoms with Crippen molar-refractivity contribution >= 4 is 5.91 Å². The Morgan fingerprint density at radius 1 is 1.26 bits per heavy atom. The van der Waals surface area contributed by atoms with Crippen molar-refractivity contribution in [3.8, 4) is 11.3 Å². The predicted molar refractivity (Wildman–Crippen MR) is 87.8 cm³/mol. The van der Waals surface area contributed by atoms with E-state index in [-0.39, 0.29) is 11.9 Å². The molecule has 0 aliphatic heterocycles. The van der Waals surface area contributed by atoms with Crippen molar-refractivity contribution in [2.75, 3.05) is 0 Å². The van der Waals surface area contributed by atoms with Crippen LogP contribution in [0.15, 0.2) is 40.9 Å². The maximum Gasteiger partial charge on any atom is 0.290 e. The first-order valence-corrected chi connectivity index (χ1v) is 8.53. The first kappa shape index (κ1) is 14.5. The third-order valence-electron chi connectivity index (χ3n) is 5.60. The lowest BCUT2D eigenvalue weighted by atomic mass is 9.84. The summed E-state index contributed by atoms with van der Waals surface area (Å²) < 4.78 is 5.24. The van der Waals surface area contributed by atoms with Crippen LogP contribution in [0.5, 0.6) is 0 Å². The summed E-state index contributed by atoms with van der Waals surface area (Å²) >= 11 is 0. The molecule has 2 fully saturated rings. The first-order valence-electron chi connectivity index (χ1n) is 8.53. The topological polar surface area (TPSA) is 55.1 Å². The van der Waals surface area contributed by atoms with Gasteiger partial charge >= 0.3 is 0 Å². The molecule has 23 heavy (non-hydrogen) atoms. The monoisotopic (exact) mass is 310 g/mol. The van der Waals surface area contributed by atoms with Crippen LogP contribution in [0.25, 0.3) is 11.3 Å². The number of amides is 1. The Labute approximate surface area is 136 Å². The number of aromatic nitrogens is 1. The number of nitrogens with one attached hydrogen (secondary N) is 1. The SMILES string of the molecule is CC(NC(=O)c1cc(-c2ccccc2)no1)C1CC2CCC1C2. The third-order valence-corrected chi connectivity index (χ3v) is 5.60. The lowest BCUT2D eigenvalue weighted by Gasteiger charge is -2.28. The Hall–Kier alpha value is -2.10. The lowest BCUT2D eigenvalue weighted by molar-refractivity contribution is 0.0878. The molecule has 4 unspecified atom stereocenters. The van der Waals surface area contributed by atoms with Crippen molar-refractivity contribution in [1.29, 1.82) is 0 Å². The molecule has 1 N–H and O–H groups in total. The van der Waals surface area contributed by atoms with Gasteiger partial charge in [0.05, 0.1) is 0 Å². The van der Waals surface area contributed by atoms with Crippen LogP contribution < -0.4 is 5.32 Å². The average Bonchev–Trinajstić information content (AvgIpc) is 3.31. The van der Waals surface area contributed by atoms with Gasteiger partial charge < -0.3 is 9.84 Å². The van der Waals surface area contributed by atoms with E-state index < -0.39 is 0 Å². The Balaban J connectivity index is 1.42. The van der Waals surface area contributed by atoms with Gasteiger partial charge in [-0.15, -0.1) is 0 Å². The summed E-state index contributed by atoms with van der Waals surface area (Å²) in [6.07, 6.45) is 5.32. The van der Waals surface area contributed by atoms with Gasteiger partial charge in [0.2, 0.25) is 5.76 Å². The fourth-order valence-electron chi connectivity index (χ4n) is 4.42. The van der Waals surface area contributed by atoms with Gasteiger partial charge in [0.1, 0.15) is 5.69 Å². The van der Waals surface area contributed by atoms with Crippen molar-refractivity contribution in [3.63, 3.8) is 0 Å². The van der Waals surface area contributed by atoms with Crippen molar-refractivity contribution in [3.05, 3.63) is 42.2 Å². The molecular formula is C19H22N2O2. The molecule has 2 aliphatic rings. The zero-order valence-electron chi connectivity index (χ0n) is 13.4. The number of fused-ring (bicyclic) bond motifs is 2. The average molecular weight is 310 g/mol. The third kappa shape index (κ3) is 2.78. The highest BCUT2D eigenvalue weighted by molar-refractivity contribution is 5.92. The molecule has 0 spiro atoms. The maximum absolute atomic E-state index is 12.4. The zero-order valence-corrected chi connectivity index (χ0v) is 13.4. The van der Waals surface area contributed by atoms with Gasteiger partial charge in [-0.1, -0.05) is 41.9 Å². The molecule has 2 saturated carbocycles. The molecular weight excluding hydrogens is 288 g/mol. The maximum atomic E-state index is 12.4. The Bertz CT molecular complexity index is 694. The molecule has 4 nitrogen and oxygen atoms in total. The number of hydrogen-bond donors (Lipinski definition) is 1. The van der Waals surface area contributed by atoms with E-state index in [1.54, 1.807) is 6.07 Å². The summed E-state index contributed by atoms with van der Waals surface area (Å²) in [4.78, 5) is 12.4. The van der Waals surface area contributed by atoms with Crippen LogP contribution in [0.4, 0.5) is 0 Å². The van der Waals surface area contributed by atoms with Gasteiger partial charge in [0, 0.05) is 17.7 Å². The van der Waals surface area contributed by atoms with E-state index in [0.717, 1.165) is 17.4 Å². The summed E-state index contributed by atoms with van der Waals surface area (Å²) in [6, 6.07) is 11.7. The van der Waals surface area contributed by atoms with E-state index in [1.807, 2.05) is 30.3 Å². The van der Waals surface area contributed by atoms with E-state index in [4.69, 9.17) is 4.52 Å². The fourth-order valence-corrected chi connectivity index (χ4v) is 4.42. The molecule has 2 bridgehead atoms. The van der Waals surface area contributed by atoms with Gasteiger partial charge in [0.15, 0.2) is 0 Å². The quantitative estimate of drug-likeness (QED) is 0.932. The van der Waals surface area contributed by atoms with Crippen LogP contribution in [0, 0.1) is 17.8 Å². The van der Waals surface area contributed by atoms with Crippen molar-refractivity contribution < 1.29 is 9.32 Å². The largest absolute Gasteiger partial charge is 0.350 e. The van der Waals surface area contributed by atoms with Crippen LogP contribution in [0.3, 0.4) is 0 Å². The minimum atomic E-state index is -0.157. The van der Waals surface area contributed by atoms with Crippen LogP contribution >= 0.6 is 0 Å². The second-order valence-electron chi connectivity index (χ2n) is 7.04. The zero-order chi connectivity index (χ0) is 15.8. The van der Waals surface area contributed by atoms with E-state index in [9.17, 15) is 4.79 Å². The van der Waals surface area contributed by atoms with E-state index in [0.29, 0.717) is 17.4 Å². The van der Waals surface area contributed by atoms with E-state index in [1.165, 1.54) is 25.7 Å². The van der Waals surface area contributed by atoms with Crippen molar-refractivity contribution in [1.82, 2.24) is 10.5 Å². The molecule has 4 heteroatoms. The van der Waals surface area contributed by atoms with Crippen molar-refractivity contribution in [2.24, 2.45) is 17.8 Å². The molecule has 0 saturated heterocycles. The minimum Gasteiger partial charge on any atom is -0.350 e. The van der Waals surface area contributed by atoms with Crippen molar-refractivity contribution in [2.45, 2.75) is 38.6 Å². The number of carbonyl (C=O) groups is 1. The number of rotatable bonds is 4. The van der Waals surface area contributed by atoms with Crippen LogP contribution in [0.1, 0.15) is 43.2 Å². The summed E-state index contributed by atoms with van der Waals surface area (Å²) in [5.41, 5.74) is 1.65. The van der Waals surface area contributed by atoms with E-state index >= 15 is 0 Å². The molecule has 1 aromatic carbocycles. The van der Waals surface area contributed by atoms with Gasteiger partial charge in [-0.05, 0) is 43.9 Å². The predicted octanol–water partition coefficient (Wildman–Crippen LogP) is 3.90. The fraction of sp³-hybridized carbons (Fsp3) is 0.474. The standard InChI is InChI=1S/C19H22N2O2/c1-12(16-10-13-7-8-15(16)9-13)20-19(22)18-11-17(21-23-18)14-5-3-2-4-6-14/h2-6,11-13,15-16H,7-10H2,1H3,(H,20,22). The summed E-state index contributed by atoms with van der Waals surface area (Å²) in [5, 5.41) is 7.13. The highest BCUT2D eigenvalue weighted by Crippen LogP contribution is 2.49. The summed E-state index contributed by atoms with van der Waals surface area (Å²) in [6.45, 7) is 2.12. The normalized spacial score (nSPS) is 27.1. The minimum absolute atomic E-state index is 0.157. The highest BCUT2D eigenvalue weighted by atomic mass is 16.5. The van der Waals surface area contributed by atoms with Gasteiger partial charge in [-0.2, -0.15) is 0 Å². The lowest BCUT2D eigenvalue weighted by Crippen LogP contribution is -2.40. The highest BCUT2D eigenvalue weighted by Gasteiger charge is 2.42. The van der Waals surface area contributed by atoms with Crippen LogP contribution in [0.2, 0.25) is 0 Å². The molecule has 1 amide bonds. The van der Waals surface area contributed by atoms with Gasteiger partial charge in [0.25, 0.3) is 5.91 Å². The Morgan fingerprint density at radius 3 is 2.78 bits per heavy atom. The second-order valence-corrected chi connectivity index (χ2v) is 7.04. The molecule has 4 atom stereocenters. The van der Waals surface area contributed by atoms with Crippen LogP contribution in [-0.4, -0.2) is 17.1 Å². The van der Waals surface area contributed by atoms with Gasteiger partial charge in [-0.25, -0.2) is 0 Å². The van der Waals surface area contributed by atoms with Gasteiger partial charge in [-0.3, -0.25) is 4.79 Å². The molecule has 0 radical (unpaired) electrons. The van der Waals surface area contributed by atoms with E-state index in [2.05, 4.69) is 17.4 Å². The molecule has 1 aromatic heterocycles. The number of carbonyl (C=O) groups excluding carboxylic acids is 1. The molecule has 2 aliphatic carbocycles.